The lowest BCUT2D eigenvalue weighted by molar-refractivity contribution is 0.669. The van der Waals surface area contributed by atoms with Gasteiger partial charge in [-0.1, -0.05) is 188 Å². The summed E-state index contributed by atoms with van der Waals surface area (Å²) in [5, 5.41) is 4.79. The van der Waals surface area contributed by atoms with Crippen molar-refractivity contribution in [1.82, 2.24) is 4.57 Å². The summed E-state index contributed by atoms with van der Waals surface area (Å²) in [7, 11) is 0. The van der Waals surface area contributed by atoms with Crippen molar-refractivity contribution in [3.63, 3.8) is 0 Å². The number of furan rings is 1. The van der Waals surface area contributed by atoms with Crippen LogP contribution in [0.4, 0.5) is 17.1 Å². The van der Waals surface area contributed by atoms with Crippen LogP contribution in [0.3, 0.4) is 0 Å². The quantitative estimate of drug-likeness (QED) is 0.144. The average Bonchev–Trinajstić information content (AvgIpc) is 3.98. The summed E-state index contributed by atoms with van der Waals surface area (Å²) in [6.45, 7) is 0. The zero-order valence-corrected chi connectivity index (χ0v) is 37.7. The summed E-state index contributed by atoms with van der Waals surface area (Å²) in [6, 6.07) is 96.0. The third-order valence-electron chi connectivity index (χ3n) is 13.6. The van der Waals surface area contributed by atoms with E-state index in [0.717, 1.165) is 61.4 Å². The molecule has 0 bridgehead atoms. The summed E-state index contributed by atoms with van der Waals surface area (Å²) in [4.78, 5) is 2.36. The van der Waals surface area contributed by atoms with Gasteiger partial charge in [0, 0.05) is 44.3 Å². The minimum Gasteiger partial charge on any atom is -0.456 e. The molecular formula is C66H44N2O. The number of hydrogen-bond acceptors (Lipinski definition) is 2. The number of para-hydroxylation sites is 3. The van der Waals surface area contributed by atoms with Crippen LogP contribution >= 0.6 is 0 Å². The molecule has 0 saturated heterocycles. The molecule has 0 unspecified atom stereocenters. The van der Waals surface area contributed by atoms with E-state index >= 15 is 0 Å². The molecule has 3 heteroatoms. The smallest absolute Gasteiger partial charge is 0.136 e. The number of nitrogens with zero attached hydrogens (tertiary/aromatic N) is 2. The van der Waals surface area contributed by atoms with Crippen molar-refractivity contribution in [2.24, 2.45) is 0 Å². The van der Waals surface area contributed by atoms with E-state index in [1.54, 1.807) is 0 Å². The maximum Gasteiger partial charge on any atom is 0.136 e. The summed E-state index contributed by atoms with van der Waals surface area (Å²) < 4.78 is 8.68. The Labute approximate surface area is 401 Å². The van der Waals surface area contributed by atoms with E-state index in [9.17, 15) is 0 Å². The average molecular weight is 881 g/mol. The number of benzene rings is 11. The van der Waals surface area contributed by atoms with Crippen molar-refractivity contribution in [3.8, 4) is 61.3 Å². The molecule has 0 atom stereocenters. The second-order valence-corrected chi connectivity index (χ2v) is 17.7. The molecule has 0 radical (unpaired) electrons. The van der Waals surface area contributed by atoms with E-state index in [0.29, 0.717) is 0 Å². The van der Waals surface area contributed by atoms with Crippen LogP contribution in [-0.4, -0.2) is 4.57 Å². The van der Waals surface area contributed by atoms with E-state index in [1.165, 1.54) is 60.8 Å². The fourth-order valence-corrected chi connectivity index (χ4v) is 10.2. The zero-order valence-electron chi connectivity index (χ0n) is 37.7. The molecule has 0 aliphatic rings. The first-order valence-electron chi connectivity index (χ1n) is 23.6. The van der Waals surface area contributed by atoms with Crippen molar-refractivity contribution in [2.45, 2.75) is 0 Å². The Morgan fingerprint density at radius 2 is 0.710 bits per heavy atom. The highest BCUT2D eigenvalue weighted by molar-refractivity contribution is 6.13. The molecule has 13 aromatic rings. The molecule has 3 nitrogen and oxygen atoms in total. The first-order valence-corrected chi connectivity index (χ1v) is 23.6. The number of rotatable bonds is 9. The van der Waals surface area contributed by atoms with Gasteiger partial charge in [0.25, 0.3) is 0 Å². The van der Waals surface area contributed by atoms with Gasteiger partial charge in [-0.15, -0.1) is 0 Å². The molecule has 324 valence electrons. The van der Waals surface area contributed by atoms with E-state index in [-0.39, 0.29) is 0 Å². The van der Waals surface area contributed by atoms with Crippen molar-refractivity contribution in [1.29, 1.82) is 0 Å². The second kappa shape index (κ2) is 16.9. The number of hydrogen-bond donors (Lipinski definition) is 0. The van der Waals surface area contributed by atoms with E-state index < -0.39 is 0 Å². The van der Waals surface area contributed by atoms with E-state index in [1.807, 2.05) is 12.1 Å². The second-order valence-electron chi connectivity index (χ2n) is 17.7. The van der Waals surface area contributed by atoms with Crippen molar-refractivity contribution in [3.05, 3.63) is 267 Å². The normalized spacial score (nSPS) is 11.5. The van der Waals surface area contributed by atoms with Gasteiger partial charge in [-0.3, -0.25) is 0 Å². The molecule has 0 aliphatic carbocycles. The van der Waals surface area contributed by atoms with Gasteiger partial charge in [-0.2, -0.15) is 0 Å². The number of aromatic nitrogens is 1. The first-order chi connectivity index (χ1) is 34.2. The Balaban J connectivity index is 0.829. The molecule has 0 aliphatic heterocycles. The number of anilines is 3. The highest BCUT2D eigenvalue weighted by atomic mass is 16.3. The van der Waals surface area contributed by atoms with Gasteiger partial charge in [0.1, 0.15) is 11.2 Å². The van der Waals surface area contributed by atoms with E-state index in [4.69, 9.17) is 4.42 Å². The maximum atomic E-state index is 6.32. The molecule has 0 amide bonds. The van der Waals surface area contributed by atoms with Crippen LogP contribution in [-0.2, 0) is 0 Å². The van der Waals surface area contributed by atoms with E-state index in [2.05, 4.69) is 264 Å². The predicted octanol–water partition coefficient (Wildman–Crippen LogP) is 18.5. The fraction of sp³-hybridized carbons (Fsp3) is 0. The lowest BCUT2D eigenvalue weighted by Crippen LogP contribution is -2.10. The van der Waals surface area contributed by atoms with Gasteiger partial charge >= 0.3 is 0 Å². The van der Waals surface area contributed by atoms with Crippen LogP contribution in [0.1, 0.15) is 0 Å². The molecule has 2 aromatic heterocycles. The SMILES string of the molecule is c1ccc(-c2cccc(-c3ccc(N(c4ccc(-c5ccc(-c6ccc(-n7c8ccccc8c8ccccc87)cc6)cc5)cc4)c4cccc(-c5cccc6oc7ccccc7c56)c4)cc3)c2)cc1. The van der Waals surface area contributed by atoms with Crippen molar-refractivity contribution >= 4 is 60.8 Å². The minimum atomic E-state index is 0.889. The molecular weight excluding hydrogens is 837 g/mol. The molecule has 11 aromatic carbocycles. The van der Waals surface area contributed by atoms with Crippen LogP contribution in [0.25, 0.3) is 105 Å². The number of fused-ring (bicyclic) bond motifs is 6. The van der Waals surface area contributed by atoms with Gasteiger partial charge in [0.05, 0.1) is 11.0 Å². The predicted molar refractivity (Wildman–Crippen MR) is 290 cm³/mol. The molecule has 0 spiro atoms. The summed E-state index contributed by atoms with van der Waals surface area (Å²) in [6.07, 6.45) is 0. The largest absolute Gasteiger partial charge is 0.456 e. The zero-order chi connectivity index (χ0) is 45.7. The molecule has 0 saturated carbocycles. The summed E-state index contributed by atoms with van der Waals surface area (Å²) >= 11 is 0. The van der Waals surface area contributed by atoms with Crippen LogP contribution in [0.15, 0.2) is 271 Å². The topological polar surface area (TPSA) is 21.3 Å². The van der Waals surface area contributed by atoms with Gasteiger partial charge in [-0.05, 0) is 134 Å². The molecule has 0 fully saturated rings. The van der Waals surface area contributed by atoms with Gasteiger partial charge in [0.15, 0.2) is 0 Å². The van der Waals surface area contributed by atoms with Crippen molar-refractivity contribution < 1.29 is 4.42 Å². The Kier molecular flexibility index (Phi) is 9.84. The fourth-order valence-electron chi connectivity index (χ4n) is 10.2. The Morgan fingerprint density at radius 1 is 0.275 bits per heavy atom. The standard InChI is InChI=1S/C66H44N2O/c1-2-13-45(14-3-1)51-15-10-16-52(43-51)50-35-39-55(40-36-50)67(57-18-11-17-53(44-57)58-22-12-26-65-66(58)61-21-6-9-25-64(61)69-65)54-37-31-48(32-38-54)46-27-29-47(30-28-46)49-33-41-56(42-34-49)68-62-23-7-4-19-59(62)60-20-5-8-24-63(60)68/h1-44H. The van der Waals surface area contributed by atoms with Crippen LogP contribution < -0.4 is 4.90 Å². The molecule has 2 heterocycles. The summed E-state index contributed by atoms with van der Waals surface area (Å²) in [5.41, 5.74) is 20.3. The molecule has 0 N–H and O–H groups in total. The Morgan fingerprint density at radius 3 is 1.33 bits per heavy atom. The van der Waals surface area contributed by atoms with Gasteiger partial charge in [0.2, 0.25) is 0 Å². The van der Waals surface area contributed by atoms with Crippen LogP contribution in [0.2, 0.25) is 0 Å². The summed E-state index contributed by atoms with van der Waals surface area (Å²) in [5.74, 6) is 0. The van der Waals surface area contributed by atoms with Crippen LogP contribution in [0.5, 0.6) is 0 Å². The molecule has 13 rings (SSSR count). The third-order valence-corrected chi connectivity index (χ3v) is 13.6. The minimum absolute atomic E-state index is 0.889. The van der Waals surface area contributed by atoms with Gasteiger partial charge < -0.3 is 13.9 Å². The van der Waals surface area contributed by atoms with Crippen molar-refractivity contribution in [2.75, 3.05) is 4.90 Å². The first kappa shape index (κ1) is 40.1. The Bertz CT molecular complexity index is 3920. The Hall–Kier alpha value is -9.18. The van der Waals surface area contributed by atoms with Gasteiger partial charge in [-0.25, -0.2) is 0 Å². The monoisotopic (exact) mass is 880 g/mol. The highest BCUT2D eigenvalue weighted by Crippen LogP contribution is 2.42. The lowest BCUT2D eigenvalue weighted by atomic mass is 9.98. The lowest BCUT2D eigenvalue weighted by Gasteiger charge is -2.26. The third kappa shape index (κ3) is 7.25. The van der Waals surface area contributed by atoms with Crippen LogP contribution in [0, 0.1) is 0 Å². The molecule has 69 heavy (non-hydrogen) atoms. The maximum absolute atomic E-state index is 6.32. The highest BCUT2D eigenvalue weighted by Gasteiger charge is 2.18.